The Balaban J connectivity index is 0.00000176. The normalized spacial score (nSPS) is 25.0. The summed E-state index contributed by atoms with van der Waals surface area (Å²) < 4.78 is 26.8. The minimum absolute atomic E-state index is 0. The first kappa shape index (κ1) is 17.2. The number of nitrogens with zero attached hydrogens (tertiary/aromatic N) is 2. The van der Waals surface area contributed by atoms with Gasteiger partial charge in [0.15, 0.2) is 0 Å². The van der Waals surface area contributed by atoms with E-state index in [4.69, 9.17) is 5.26 Å². The lowest BCUT2D eigenvalue weighted by Gasteiger charge is -2.34. The molecule has 2 aliphatic rings. The maximum atomic E-state index is 12.6. The van der Waals surface area contributed by atoms with Gasteiger partial charge >= 0.3 is 0 Å². The summed E-state index contributed by atoms with van der Waals surface area (Å²) >= 11 is 0. The molecule has 5 nitrogen and oxygen atoms in total. The number of nitrogens with one attached hydrogen (secondary N) is 1. The zero-order valence-electron chi connectivity index (χ0n) is 12.2. The monoisotopic (exact) mass is 341 g/mol. The second kappa shape index (κ2) is 6.97. The van der Waals surface area contributed by atoms with Crippen molar-refractivity contribution in [2.45, 2.75) is 24.6 Å². The molecule has 2 aliphatic heterocycles. The first-order valence-electron chi connectivity index (χ1n) is 7.29. The quantitative estimate of drug-likeness (QED) is 0.904. The van der Waals surface area contributed by atoms with Crippen LogP contribution in [0.15, 0.2) is 24.3 Å². The Labute approximate surface area is 137 Å². The molecule has 0 bridgehead atoms. The van der Waals surface area contributed by atoms with Crippen molar-refractivity contribution in [1.82, 2.24) is 9.62 Å². The molecule has 0 saturated carbocycles. The fraction of sp³-hybridized carbons (Fsp3) is 0.533. The van der Waals surface area contributed by atoms with Crippen LogP contribution in [0.4, 0.5) is 0 Å². The lowest BCUT2D eigenvalue weighted by atomic mass is 9.95. The van der Waals surface area contributed by atoms with Gasteiger partial charge in [-0.3, -0.25) is 0 Å². The van der Waals surface area contributed by atoms with Gasteiger partial charge in [-0.25, -0.2) is 12.7 Å². The molecule has 0 radical (unpaired) electrons. The molecular formula is C15H20ClN3O2S. The third-order valence-corrected chi connectivity index (χ3v) is 6.23. The van der Waals surface area contributed by atoms with E-state index in [1.54, 1.807) is 28.6 Å². The van der Waals surface area contributed by atoms with E-state index in [0.29, 0.717) is 36.2 Å². The number of benzene rings is 1. The molecule has 7 heteroatoms. The Morgan fingerprint density at radius 2 is 2.18 bits per heavy atom. The zero-order chi connectivity index (χ0) is 14.9. The average molecular weight is 342 g/mol. The van der Waals surface area contributed by atoms with Crippen LogP contribution in [0.2, 0.25) is 0 Å². The van der Waals surface area contributed by atoms with E-state index in [1.807, 2.05) is 6.07 Å². The summed E-state index contributed by atoms with van der Waals surface area (Å²) in [6.07, 6.45) is 1.95. The molecule has 120 valence electrons. The van der Waals surface area contributed by atoms with Crippen LogP contribution in [0.1, 0.15) is 24.0 Å². The number of rotatable bonds is 3. The molecule has 0 aliphatic carbocycles. The fourth-order valence-corrected chi connectivity index (χ4v) is 4.88. The van der Waals surface area contributed by atoms with E-state index in [9.17, 15) is 8.42 Å². The number of nitriles is 1. The Bertz CT molecular complexity index is 672. The summed E-state index contributed by atoms with van der Waals surface area (Å²) in [5.74, 6) is 0.423. The molecule has 1 N–H and O–H groups in total. The number of piperidine rings is 1. The minimum atomic E-state index is -3.30. The van der Waals surface area contributed by atoms with E-state index >= 15 is 0 Å². The topological polar surface area (TPSA) is 73.2 Å². The summed E-state index contributed by atoms with van der Waals surface area (Å²) in [7, 11) is -3.30. The SMILES string of the molecule is Cl.N#Cc1cccc(CS(=O)(=O)N2CCC3NCCC3C2)c1. The van der Waals surface area contributed by atoms with Gasteiger partial charge in [-0.15, -0.1) is 12.4 Å². The van der Waals surface area contributed by atoms with Crippen molar-refractivity contribution < 1.29 is 8.42 Å². The van der Waals surface area contributed by atoms with E-state index in [2.05, 4.69) is 5.32 Å². The van der Waals surface area contributed by atoms with E-state index in [0.717, 1.165) is 19.4 Å². The summed E-state index contributed by atoms with van der Waals surface area (Å²) in [5.41, 5.74) is 1.18. The molecule has 2 heterocycles. The van der Waals surface area contributed by atoms with E-state index in [-0.39, 0.29) is 18.2 Å². The van der Waals surface area contributed by atoms with Gasteiger partial charge in [0.2, 0.25) is 10.0 Å². The van der Waals surface area contributed by atoms with Gasteiger partial charge in [-0.1, -0.05) is 12.1 Å². The minimum Gasteiger partial charge on any atom is -0.314 e. The zero-order valence-corrected chi connectivity index (χ0v) is 13.9. The summed E-state index contributed by atoms with van der Waals surface area (Å²) in [4.78, 5) is 0. The molecule has 1 aromatic carbocycles. The van der Waals surface area contributed by atoms with Crippen molar-refractivity contribution in [2.75, 3.05) is 19.6 Å². The second-order valence-corrected chi connectivity index (χ2v) is 7.79. The lowest BCUT2D eigenvalue weighted by Crippen LogP contribution is -2.47. The van der Waals surface area contributed by atoms with Crippen LogP contribution in [0.5, 0.6) is 0 Å². The highest BCUT2D eigenvalue weighted by molar-refractivity contribution is 7.88. The third kappa shape index (κ3) is 3.61. The molecule has 0 amide bonds. The fourth-order valence-electron chi connectivity index (χ4n) is 3.30. The van der Waals surface area contributed by atoms with Crippen molar-refractivity contribution in [1.29, 1.82) is 5.26 Å². The Hall–Kier alpha value is -1.13. The highest BCUT2D eigenvalue weighted by Crippen LogP contribution is 2.27. The third-order valence-electron chi connectivity index (χ3n) is 4.42. The number of sulfonamides is 1. The number of fused-ring (bicyclic) bond motifs is 1. The molecule has 2 atom stereocenters. The molecular weight excluding hydrogens is 322 g/mol. The Kier molecular flexibility index (Phi) is 5.45. The van der Waals surface area contributed by atoms with Crippen molar-refractivity contribution in [3.63, 3.8) is 0 Å². The van der Waals surface area contributed by atoms with Gasteiger partial charge in [0, 0.05) is 19.1 Å². The predicted octanol–water partition coefficient (Wildman–Crippen LogP) is 1.49. The van der Waals surface area contributed by atoms with Crippen LogP contribution >= 0.6 is 12.4 Å². The van der Waals surface area contributed by atoms with E-state index in [1.165, 1.54) is 0 Å². The van der Waals surface area contributed by atoms with Crippen LogP contribution in [-0.4, -0.2) is 38.4 Å². The standard InChI is InChI=1S/C15H19N3O2S.ClH/c16-9-12-2-1-3-13(8-12)11-21(19,20)18-7-5-15-14(10-18)4-6-17-15;/h1-3,8,14-15,17H,4-7,10-11H2;1H. The Morgan fingerprint density at radius 3 is 2.95 bits per heavy atom. The van der Waals surface area contributed by atoms with Crippen molar-refractivity contribution >= 4 is 22.4 Å². The molecule has 2 unspecified atom stereocenters. The maximum absolute atomic E-state index is 12.6. The lowest BCUT2D eigenvalue weighted by molar-refractivity contribution is 0.247. The van der Waals surface area contributed by atoms with Gasteiger partial charge in [0.05, 0.1) is 17.4 Å². The number of halogens is 1. The highest BCUT2D eigenvalue weighted by atomic mass is 35.5. The molecule has 3 rings (SSSR count). The first-order valence-corrected chi connectivity index (χ1v) is 8.90. The maximum Gasteiger partial charge on any atom is 0.218 e. The smallest absolute Gasteiger partial charge is 0.218 e. The summed E-state index contributed by atoms with van der Waals surface area (Å²) in [5, 5.41) is 12.3. The van der Waals surface area contributed by atoms with Crippen molar-refractivity contribution in [3.8, 4) is 6.07 Å². The molecule has 0 spiro atoms. The largest absolute Gasteiger partial charge is 0.314 e. The molecule has 0 aromatic heterocycles. The first-order chi connectivity index (χ1) is 10.1. The van der Waals surface area contributed by atoms with Crippen molar-refractivity contribution in [3.05, 3.63) is 35.4 Å². The molecule has 2 saturated heterocycles. The van der Waals surface area contributed by atoms with Crippen LogP contribution in [0.3, 0.4) is 0 Å². The van der Waals surface area contributed by atoms with Gasteiger partial charge in [0.25, 0.3) is 0 Å². The highest BCUT2D eigenvalue weighted by Gasteiger charge is 2.36. The van der Waals surface area contributed by atoms with Crippen LogP contribution in [-0.2, 0) is 15.8 Å². The molecule has 1 aromatic rings. The average Bonchev–Trinajstić information content (AvgIpc) is 2.94. The van der Waals surface area contributed by atoms with Gasteiger partial charge in [-0.2, -0.15) is 5.26 Å². The van der Waals surface area contributed by atoms with E-state index < -0.39 is 10.0 Å². The van der Waals surface area contributed by atoms with Crippen molar-refractivity contribution in [2.24, 2.45) is 5.92 Å². The summed E-state index contributed by atoms with van der Waals surface area (Å²) in [6, 6.07) is 9.37. The summed E-state index contributed by atoms with van der Waals surface area (Å²) in [6.45, 7) is 2.21. The van der Waals surface area contributed by atoms with Crippen LogP contribution < -0.4 is 5.32 Å². The van der Waals surface area contributed by atoms with Crippen LogP contribution in [0.25, 0.3) is 0 Å². The van der Waals surface area contributed by atoms with Gasteiger partial charge < -0.3 is 5.32 Å². The van der Waals surface area contributed by atoms with Gasteiger partial charge in [-0.05, 0) is 43.0 Å². The van der Waals surface area contributed by atoms with Crippen LogP contribution in [0, 0.1) is 17.2 Å². The Morgan fingerprint density at radius 1 is 1.36 bits per heavy atom. The predicted molar refractivity (Wildman–Crippen MR) is 87.1 cm³/mol. The second-order valence-electron chi connectivity index (χ2n) is 5.82. The number of hydrogen-bond donors (Lipinski definition) is 1. The van der Waals surface area contributed by atoms with Gasteiger partial charge in [0.1, 0.15) is 0 Å². The molecule has 2 fully saturated rings. The molecule has 22 heavy (non-hydrogen) atoms. The number of hydrogen-bond acceptors (Lipinski definition) is 4.